The van der Waals surface area contributed by atoms with Crippen molar-refractivity contribution in [2.45, 2.75) is 27.2 Å². The van der Waals surface area contributed by atoms with Crippen LogP contribution in [0.5, 0.6) is 0 Å². The van der Waals surface area contributed by atoms with E-state index in [9.17, 15) is 9.59 Å². The van der Waals surface area contributed by atoms with Gasteiger partial charge in [-0.05, 0) is 17.7 Å². The first-order chi connectivity index (χ1) is 7.30. The van der Waals surface area contributed by atoms with Gasteiger partial charge in [-0.2, -0.15) is 0 Å². The van der Waals surface area contributed by atoms with Crippen molar-refractivity contribution in [3.05, 3.63) is 35.4 Å². The van der Waals surface area contributed by atoms with Gasteiger partial charge in [0, 0.05) is 11.8 Å². The van der Waals surface area contributed by atoms with E-state index in [0.717, 1.165) is 5.56 Å². The Morgan fingerprint density at radius 2 is 1.62 bits per heavy atom. The van der Waals surface area contributed by atoms with Gasteiger partial charge in [-0.25, -0.2) is 4.79 Å². The van der Waals surface area contributed by atoms with Crippen LogP contribution in [0.4, 0.5) is 0 Å². The second-order valence-electron chi connectivity index (χ2n) is 4.85. The Kier molecular flexibility index (Phi) is 3.48. The molecule has 0 unspecified atom stereocenters. The lowest BCUT2D eigenvalue weighted by Gasteiger charge is -2.16. The Bertz CT molecular complexity index is 396. The average Bonchev–Trinajstić information content (AvgIpc) is 2.17. The Hall–Kier alpha value is -1.64. The maximum Gasteiger partial charge on any atom is 0.335 e. The molecule has 0 atom stereocenters. The summed E-state index contributed by atoms with van der Waals surface area (Å²) in [7, 11) is 0. The van der Waals surface area contributed by atoms with Gasteiger partial charge in [0.1, 0.15) is 5.78 Å². The monoisotopic (exact) mass is 220 g/mol. The summed E-state index contributed by atoms with van der Waals surface area (Å²) in [6.07, 6.45) is 0.351. The molecular formula is C13H16O3. The second-order valence-corrected chi connectivity index (χ2v) is 4.85. The van der Waals surface area contributed by atoms with Crippen LogP contribution in [0.1, 0.15) is 36.7 Å². The van der Waals surface area contributed by atoms with Crippen molar-refractivity contribution < 1.29 is 14.7 Å². The molecule has 0 aliphatic heterocycles. The fraction of sp³-hybridized carbons (Fsp3) is 0.385. The molecule has 3 nitrogen and oxygen atoms in total. The molecule has 0 aliphatic carbocycles. The van der Waals surface area contributed by atoms with Crippen LogP contribution >= 0.6 is 0 Å². The third-order valence-corrected chi connectivity index (χ3v) is 2.40. The molecule has 0 fully saturated rings. The van der Waals surface area contributed by atoms with Gasteiger partial charge in [0.25, 0.3) is 0 Å². The molecule has 0 aromatic heterocycles. The molecule has 1 N–H and O–H groups in total. The third kappa shape index (κ3) is 3.19. The fourth-order valence-corrected chi connectivity index (χ4v) is 1.22. The highest BCUT2D eigenvalue weighted by atomic mass is 16.4. The van der Waals surface area contributed by atoms with Gasteiger partial charge in [-0.15, -0.1) is 0 Å². The predicted molar refractivity (Wildman–Crippen MR) is 61.6 cm³/mol. The average molecular weight is 220 g/mol. The predicted octanol–water partition coefficient (Wildman–Crippen LogP) is 2.54. The number of aromatic carboxylic acids is 1. The number of Topliss-reactive ketones (excluding diaryl/α,β-unsaturated/α-hetero) is 1. The summed E-state index contributed by atoms with van der Waals surface area (Å²) in [6.45, 7) is 5.63. The number of carboxylic acid groups (broad SMARTS) is 1. The van der Waals surface area contributed by atoms with E-state index < -0.39 is 5.97 Å². The zero-order chi connectivity index (χ0) is 12.3. The van der Waals surface area contributed by atoms with Crippen molar-refractivity contribution in [1.29, 1.82) is 0 Å². The Balaban J connectivity index is 2.77. The summed E-state index contributed by atoms with van der Waals surface area (Å²) in [6, 6.07) is 6.42. The van der Waals surface area contributed by atoms with Crippen LogP contribution in [0, 0.1) is 5.41 Å². The highest BCUT2D eigenvalue weighted by Crippen LogP contribution is 2.18. The maximum absolute atomic E-state index is 11.7. The van der Waals surface area contributed by atoms with Crippen molar-refractivity contribution in [2.24, 2.45) is 5.41 Å². The number of benzene rings is 1. The van der Waals surface area contributed by atoms with E-state index in [-0.39, 0.29) is 16.8 Å². The summed E-state index contributed by atoms with van der Waals surface area (Å²) >= 11 is 0. The topological polar surface area (TPSA) is 54.4 Å². The Labute approximate surface area is 95.1 Å². The Morgan fingerprint density at radius 3 is 2.00 bits per heavy atom. The molecule has 3 heteroatoms. The third-order valence-electron chi connectivity index (χ3n) is 2.40. The quantitative estimate of drug-likeness (QED) is 0.851. The highest BCUT2D eigenvalue weighted by Gasteiger charge is 2.20. The van der Waals surface area contributed by atoms with E-state index in [1.807, 2.05) is 20.8 Å². The standard InChI is InChI=1S/C13H16O3/c1-13(2,3)11(14)8-9-4-6-10(7-5-9)12(15)16/h4-7H,8H2,1-3H3,(H,15,16). The van der Waals surface area contributed by atoms with Crippen LogP contribution in [-0.4, -0.2) is 16.9 Å². The zero-order valence-electron chi connectivity index (χ0n) is 9.78. The minimum absolute atomic E-state index is 0.149. The molecule has 1 aromatic carbocycles. The van der Waals surface area contributed by atoms with Crippen LogP contribution in [0.15, 0.2) is 24.3 Å². The first-order valence-corrected chi connectivity index (χ1v) is 5.16. The van der Waals surface area contributed by atoms with Gasteiger partial charge in [0.15, 0.2) is 0 Å². The Morgan fingerprint density at radius 1 is 1.12 bits per heavy atom. The van der Waals surface area contributed by atoms with E-state index in [0.29, 0.717) is 6.42 Å². The normalized spacial score (nSPS) is 11.2. The number of hydrogen-bond donors (Lipinski definition) is 1. The van der Waals surface area contributed by atoms with Crippen LogP contribution in [-0.2, 0) is 11.2 Å². The molecule has 0 radical (unpaired) electrons. The van der Waals surface area contributed by atoms with Crippen molar-refractivity contribution in [3.8, 4) is 0 Å². The molecule has 0 spiro atoms. The molecule has 0 amide bonds. The summed E-state index contributed by atoms with van der Waals surface area (Å²) < 4.78 is 0. The summed E-state index contributed by atoms with van der Waals surface area (Å²) in [5.74, 6) is -0.802. The van der Waals surface area contributed by atoms with E-state index in [2.05, 4.69) is 0 Å². The molecule has 16 heavy (non-hydrogen) atoms. The second kappa shape index (κ2) is 4.47. The molecule has 0 saturated heterocycles. The summed E-state index contributed by atoms with van der Waals surface area (Å²) in [5.41, 5.74) is 0.739. The highest BCUT2D eigenvalue weighted by molar-refractivity contribution is 5.88. The lowest BCUT2D eigenvalue weighted by molar-refractivity contribution is -0.125. The van der Waals surface area contributed by atoms with Gasteiger partial charge in [0.05, 0.1) is 5.56 Å². The number of carbonyl (C=O) groups excluding carboxylic acids is 1. The molecule has 0 heterocycles. The molecule has 0 saturated carbocycles. The minimum Gasteiger partial charge on any atom is -0.478 e. The van der Waals surface area contributed by atoms with E-state index in [1.165, 1.54) is 12.1 Å². The smallest absolute Gasteiger partial charge is 0.335 e. The number of ketones is 1. The summed E-state index contributed by atoms with van der Waals surface area (Å²) in [5, 5.41) is 8.72. The number of carboxylic acids is 1. The SMILES string of the molecule is CC(C)(C)C(=O)Cc1ccc(C(=O)O)cc1. The first-order valence-electron chi connectivity index (χ1n) is 5.16. The van der Waals surface area contributed by atoms with Crippen molar-refractivity contribution in [1.82, 2.24) is 0 Å². The van der Waals surface area contributed by atoms with Gasteiger partial charge in [-0.1, -0.05) is 32.9 Å². The fourth-order valence-electron chi connectivity index (χ4n) is 1.22. The van der Waals surface area contributed by atoms with Crippen molar-refractivity contribution in [2.75, 3.05) is 0 Å². The molecule has 0 bridgehead atoms. The van der Waals surface area contributed by atoms with Crippen LogP contribution in [0.3, 0.4) is 0 Å². The van der Waals surface area contributed by atoms with E-state index in [4.69, 9.17) is 5.11 Å². The van der Waals surface area contributed by atoms with Crippen LogP contribution < -0.4 is 0 Å². The van der Waals surface area contributed by atoms with Crippen molar-refractivity contribution >= 4 is 11.8 Å². The minimum atomic E-state index is -0.950. The lowest BCUT2D eigenvalue weighted by Crippen LogP contribution is -2.22. The van der Waals surface area contributed by atoms with E-state index >= 15 is 0 Å². The lowest BCUT2D eigenvalue weighted by atomic mass is 9.87. The molecule has 86 valence electrons. The molecular weight excluding hydrogens is 204 g/mol. The summed E-state index contributed by atoms with van der Waals surface area (Å²) in [4.78, 5) is 22.4. The maximum atomic E-state index is 11.7. The van der Waals surface area contributed by atoms with Crippen molar-refractivity contribution in [3.63, 3.8) is 0 Å². The van der Waals surface area contributed by atoms with Gasteiger partial charge < -0.3 is 5.11 Å². The number of rotatable bonds is 3. The molecule has 1 aromatic rings. The van der Waals surface area contributed by atoms with E-state index in [1.54, 1.807) is 12.1 Å². The number of hydrogen-bond acceptors (Lipinski definition) is 2. The number of carbonyl (C=O) groups is 2. The van der Waals surface area contributed by atoms with Gasteiger partial charge in [0.2, 0.25) is 0 Å². The van der Waals surface area contributed by atoms with Crippen LogP contribution in [0.2, 0.25) is 0 Å². The largest absolute Gasteiger partial charge is 0.478 e. The molecule has 0 aliphatic rings. The molecule has 1 rings (SSSR count). The van der Waals surface area contributed by atoms with Gasteiger partial charge in [-0.3, -0.25) is 4.79 Å². The zero-order valence-corrected chi connectivity index (χ0v) is 9.78. The van der Waals surface area contributed by atoms with Crippen LogP contribution in [0.25, 0.3) is 0 Å². The van der Waals surface area contributed by atoms with Gasteiger partial charge >= 0.3 is 5.97 Å². The first kappa shape index (κ1) is 12.4.